The maximum absolute atomic E-state index is 12.4. The van der Waals surface area contributed by atoms with Crippen molar-refractivity contribution < 1.29 is 24.0 Å². The minimum atomic E-state index is -0.937. The molecule has 0 spiro atoms. The molecule has 3 rings (SSSR count). The van der Waals surface area contributed by atoms with Crippen LogP contribution >= 0.6 is 46.4 Å². The van der Waals surface area contributed by atoms with Crippen molar-refractivity contribution in [2.45, 2.75) is 6.92 Å². The van der Waals surface area contributed by atoms with Gasteiger partial charge in [-0.1, -0.05) is 51.5 Å². The molecule has 0 unspecified atom stereocenters. The Kier molecular flexibility index (Phi) is 4.01. The molecule has 0 bridgehead atoms. The smallest absolute Gasteiger partial charge is 0.343 e. The highest BCUT2D eigenvalue weighted by atomic mass is 35.5. The highest BCUT2D eigenvalue weighted by Crippen LogP contribution is 2.45. The lowest BCUT2D eigenvalue weighted by molar-refractivity contribution is -0.204. The van der Waals surface area contributed by atoms with Gasteiger partial charge >= 0.3 is 5.97 Å². The van der Waals surface area contributed by atoms with Gasteiger partial charge < -0.3 is 9.57 Å². The lowest BCUT2D eigenvalue weighted by Crippen LogP contribution is -2.50. The Hall–Kier alpha value is -1.05. The van der Waals surface area contributed by atoms with Crippen molar-refractivity contribution in [2.75, 3.05) is 13.2 Å². The van der Waals surface area contributed by atoms with Crippen LogP contribution in [0.5, 0.6) is 0 Å². The zero-order valence-corrected chi connectivity index (χ0v) is 14.4. The fraction of sp³-hybridized carbons (Fsp3) is 0.308. The van der Waals surface area contributed by atoms with Crippen LogP contribution in [0.1, 0.15) is 27.6 Å². The van der Waals surface area contributed by atoms with Gasteiger partial charge in [-0.15, -0.1) is 0 Å². The molecule has 122 valence electrons. The second kappa shape index (κ2) is 5.50. The quantitative estimate of drug-likeness (QED) is 0.433. The molecule has 1 saturated heterocycles. The van der Waals surface area contributed by atoms with E-state index in [-0.39, 0.29) is 44.4 Å². The fourth-order valence-corrected chi connectivity index (χ4v) is 3.15. The number of hydrogen-bond acceptors (Lipinski definition) is 5. The third-order valence-corrected chi connectivity index (χ3v) is 5.37. The molecule has 0 atom stereocenters. The molecule has 1 aromatic rings. The number of carbonyl (C=O) groups excluding carboxylic acids is 3. The summed E-state index contributed by atoms with van der Waals surface area (Å²) < 4.78 is 4.94. The molecular weight excluding hydrogens is 392 g/mol. The Morgan fingerprint density at radius 2 is 1.43 bits per heavy atom. The number of amides is 2. The van der Waals surface area contributed by atoms with Gasteiger partial charge in [-0.3, -0.25) is 9.59 Å². The maximum Gasteiger partial charge on any atom is 0.343 e. The monoisotopic (exact) mass is 397 g/mol. The van der Waals surface area contributed by atoms with Crippen molar-refractivity contribution in [1.82, 2.24) is 5.06 Å². The Bertz CT molecular complexity index is 727. The number of ether oxygens (including phenoxy) is 1. The second-order valence-corrected chi connectivity index (χ2v) is 6.85. The molecule has 0 saturated carbocycles. The normalized spacial score (nSPS) is 18.7. The SMILES string of the molecule is CC1(C(=O)ON2C(=O)c3c(Cl)c(Cl)c(Cl)c(Cl)c3C2=O)COC1. The van der Waals surface area contributed by atoms with Crippen LogP contribution in [-0.4, -0.2) is 36.1 Å². The molecular formula is C13H7Cl4NO5. The average Bonchev–Trinajstić information content (AvgIpc) is 2.73. The molecule has 1 aromatic carbocycles. The summed E-state index contributed by atoms with van der Waals surface area (Å²) >= 11 is 23.7. The van der Waals surface area contributed by atoms with Gasteiger partial charge in [-0.25, -0.2) is 4.79 Å². The highest BCUT2D eigenvalue weighted by Gasteiger charge is 2.49. The lowest BCUT2D eigenvalue weighted by atomic mass is 9.89. The number of fused-ring (bicyclic) bond motifs is 1. The second-order valence-electron chi connectivity index (χ2n) is 5.34. The maximum atomic E-state index is 12.4. The van der Waals surface area contributed by atoms with E-state index in [4.69, 9.17) is 56.0 Å². The third-order valence-electron chi connectivity index (χ3n) is 3.57. The fourth-order valence-electron chi connectivity index (χ4n) is 2.13. The molecule has 10 heteroatoms. The number of carbonyl (C=O) groups is 3. The van der Waals surface area contributed by atoms with Gasteiger partial charge in [-0.2, -0.15) is 0 Å². The summed E-state index contributed by atoms with van der Waals surface area (Å²) in [5, 5.41) is -0.477. The molecule has 2 aliphatic heterocycles. The van der Waals surface area contributed by atoms with Crippen LogP contribution in [0, 0.1) is 5.41 Å². The van der Waals surface area contributed by atoms with Crippen molar-refractivity contribution in [3.8, 4) is 0 Å². The van der Waals surface area contributed by atoms with Gasteiger partial charge in [-0.05, 0) is 6.92 Å². The number of rotatable bonds is 2. The van der Waals surface area contributed by atoms with Crippen LogP contribution in [0.2, 0.25) is 20.1 Å². The van der Waals surface area contributed by atoms with Crippen LogP contribution in [0.15, 0.2) is 0 Å². The lowest BCUT2D eigenvalue weighted by Gasteiger charge is -2.35. The van der Waals surface area contributed by atoms with E-state index in [0.29, 0.717) is 5.06 Å². The topological polar surface area (TPSA) is 72.9 Å². The number of benzene rings is 1. The molecule has 2 amide bonds. The van der Waals surface area contributed by atoms with Crippen molar-refractivity contribution in [3.63, 3.8) is 0 Å². The van der Waals surface area contributed by atoms with Crippen LogP contribution in [0.3, 0.4) is 0 Å². The van der Waals surface area contributed by atoms with Gasteiger partial charge in [0.15, 0.2) is 0 Å². The van der Waals surface area contributed by atoms with Gasteiger partial charge in [0, 0.05) is 0 Å². The van der Waals surface area contributed by atoms with Gasteiger partial charge in [0.25, 0.3) is 11.8 Å². The Balaban J connectivity index is 2.00. The standard InChI is InChI=1S/C13H7Cl4NO5/c1-13(2-22-3-13)12(21)23-18-10(19)4-5(11(18)20)7(15)9(17)8(16)6(4)14/h2-3H2,1H3. The van der Waals surface area contributed by atoms with E-state index < -0.39 is 23.2 Å². The van der Waals surface area contributed by atoms with Crippen molar-refractivity contribution >= 4 is 64.2 Å². The first-order chi connectivity index (χ1) is 10.7. The van der Waals surface area contributed by atoms with Crippen LogP contribution < -0.4 is 0 Å². The van der Waals surface area contributed by atoms with Gasteiger partial charge in [0.2, 0.25) is 0 Å². The number of halogens is 4. The van der Waals surface area contributed by atoms with E-state index in [0.717, 1.165) is 0 Å². The Morgan fingerprint density at radius 3 is 1.78 bits per heavy atom. The molecule has 6 nitrogen and oxygen atoms in total. The summed E-state index contributed by atoms with van der Waals surface area (Å²) in [5.41, 5.74) is -1.42. The predicted molar refractivity (Wildman–Crippen MR) is 82.0 cm³/mol. The molecule has 0 N–H and O–H groups in total. The Labute approximate surface area is 150 Å². The number of hydrogen-bond donors (Lipinski definition) is 0. The first kappa shape index (κ1) is 16.8. The molecule has 2 aliphatic rings. The first-order valence-corrected chi connectivity index (χ1v) is 7.75. The zero-order valence-electron chi connectivity index (χ0n) is 11.4. The van der Waals surface area contributed by atoms with Crippen molar-refractivity contribution in [3.05, 3.63) is 31.2 Å². The molecule has 0 radical (unpaired) electrons. The van der Waals surface area contributed by atoms with Gasteiger partial charge in [0.1, 0.15) is 5.41 Å². The first-order valence-electron chi connectivity index (χ1n) is 6.24. The van der Waals surface area contributed by atoms with Crippen molar-refractivity contribution in [2.24, 2.45) is 5.41 Å². The van der Waals surface area contributed by atoms with Crippen molar-refractivity contribution in [1.29, 1.82) is 0 Å². The van der Waals surface area contributed by atoms with E-state index in [1.165, 1.54) is 0 Å². The summed E-state index contributed by atoms with van der Waals surface area (Å²) in [6, 6.07) is 0. The number of nitrogens with zero attached hydrogens (tertiary/aromatic N) is 1. The highest BCUT2D eigenvalue weighted by molar-refractivity contribution is 6.55. The summed E-state index contributed by atoms with van der Waals surface area (Å²) in [6.07, 6.45) is 0. The largest absolute Gasteiger partial charge is 0.379 e. The van der Waals surface area contributed by atoms with E-state index in [9.17, 15) is 14.4 Å². The Morgan fingerprint density at radius 1 is 1.00 bits per heavy atom. The summed E-state index contributed by atoms with van der Waals surface area (Å²) in [7, 11) is 0. The molecule has 1 fully saturated rings. The van der Waals surface area contributed by atoms with E-state index in [1.54, 1.807) is 6.92 Å². The minimum Gasteiger partial charge on any atom is -0.379 e. The average molecular weight is 399 g/mol. The van der Waals surface area contributed by atoms with Crippen LogP contribution in [0.4, 0.5) is 0 Å². The molecule has 0 aromatic heterocycles. The van der Waals surface area contributed by atoms with Gasteiger partial charge in [0.05, 0.1) is 44.4 Å². The summed E-state index contributed by atoms with van der Waals surface area (Å²) in [6.45, 7) is 1.85. The van der Waals surface area contributed by atoms with E-state index in [1.807, 2.05) is 0 Å². The summed E-state index contributed by atoms with van der Waals surface area (Å²) in [4.78, 5) is 41.7. The number of hydroxylamine groups is 2. The molecule has 23 heavy (non-hydrogen) atoms. The predicted octanol–water partition coefficient (Wildman–Crippen LogP) is 3.39. The molecule has 2 heterocycles. The number of imide groups is 1. The zero-order chi connectivity index (χ0) is 17.1. The van der Waals surface area contributed by atoms with Crippen LogP contribution in [-0.2, 0) is 14.4 Å². The minimum absolute atomic E-state index is 0.133. The van der Waals surface area contributed by atoms with E-state index >= 15 is 0 Å². The third kappa shape index (κ3) is 2.32. The van der Waals surface area contributed by atoms with Crippen LogP contribution in [0.25, 0.3) is 0 Å². The summed E-state index contributed by atoms with van der Waals surface area (Å²) in [5.74, 6) is -2.65. The molecule has 0 aliphatic carbocycles. The van der Waals surface area contributed by atoms with E-state index in [2.05, 4.69) is 0 Å².